The Morgan fingerprint density at radius 3 is 2.80 bits per heavy atom. The smallest absolute Gasteiger partial charge is 0.226 e. The van der Waals surface area contributed by atoms with Crippen LogP contribution in [-0.2, 0) is 0 Å². The van der Waals surface area contributed by atoms with Gasteiger partial charge in [-0.05, 0) is 19.3 Å². The highest BCUT2D eigenvalue weighted by Gasteiger charge is 2.22. The monoisotopic (exact) mass is 278 g/mol. The lowest BCUT2D eigenvalue weighted by atomic mass is 9.94. The average molecular weight is 278 g/mol. The van der Waals surface area contributed by atoms with E-state index < -0.39 is 5.60 Å². The molecular weight excluding hydrogens is 256 g/mol. The van der Waals surface area contributed by atoms with Crippen LogP contribution in [0, 0.1) is 5.92 Å². The summed E-state index contributed by atoms with van der Waals surface area (Å²) in [4.78, 5) is 15.7. The fourth-order valence-corrected chi connectivity index (χ4v) is 2.30. The SMILES string of the molecule is CNc1nc(NCC(C)(O)CC(C)C)c2[nH]cnc2n1. The summed E-state index contributed by atoms with van der Waals surface area (Å²) in [6.07, 6.45) is 2.30. The zero-order chi connectivity index (χ0) is 14.8. The van der Waals surface area contributed by atoms with Gasteiger partial charge in [0.25, 0.3) is 0 Å². The fraction of sp³-hybridized carbons (Fsp3) is 0.615. The summed E-state index contributed by atoms with van der Waals surface area (Å²) < 4.78 is 0. The normalized spacial score (nSPS) is 14.5. The molecule has 0 radical (unpaired) electrons. The van der Waals surface area contributed by atoms with E-state index in [0.717, 1.165) is 11.9 Å². The van der Waals surface area contributed by atoms with E-state index in [0.29, 0.717) is 29.9 Å². The highest BCUT2D eigenvalue weighted by molar-refractivity contribution is 5.83. The predicted octanol–water partition coefficient (Wildman–Crippen LogP) is 1.60. The quantitative estimate of drug-likeness (QED) is 0.640. The van der Waals surface area contributed by atoms with Gasteiger partial charge < -0.3 is 20.7 Å². The molecule has 2 rings (SSSR count). The van der Waals surface area contributed by atoms with Crippen molar-refractivity contribution in [1.29, 1.82) is 0 Å². The maximum Gasteiger partial charge on any atom is 0.226 e. The van der Waals surface area contributed by atoms with Crippen molar-refractivity contribution in [2.75, 3.05) is 24.2 Å². The Morgan fingerprint density at radius 1 is 1.40 bits per heavy atom. The summed E-state index contributed by atoms with van der Waals surface area (Å²) in [5, 5.41) is 16.4. The number of aromatic amines is 1. The number of imidazole rings is 1. The average Bonchev–Trinajstić information content (AvgIpc) is 2.82. The van der Waals surface area contributed by atoms with Crippen LogP contribution in [0.25, 0.3) is 11.2 Å². The summed E-state index contributed by atoms with van der Waals surface area (Å²) in [5.41, 5.74) is 0.547. The number of nitrogens with one attached hydrogen (secondary N) is 3. The molecule has 7 nitrogen and oxygen atoms in total. The number of hydrogen-bond acceptors (Lipinski definition) is 6. The maximum absolute atomic E-state index is 10.3. The van der Waals surface area contributed by atoms with Crippen molar-refractivity contribution >= 4 is 22.9 Å². The number of H-pyrrole nitrogens is 1. The van der Waals surface area contributed by atoms with Crippen molar-refractivity contribution in [3.05, 3.63) is 6.33 Å². The van der Waals surface area contributed by atoms with Gasteiger partial charge >= 0.3 is 0 Å². The van der Waals surface area contributed by atoms with Crippen LogP contribution in [0.1, 0.15) is 27.2 Å². The number of aromatic nitrogens is 4. The van der Waals surface area contributed by atoms with E-state index >= 15 is 0 Å². The van der Waals surface area contributed by atoms with Crippen LogP contribution in [0.4, 0.5) is 11.8 Å². The molecule has 0 saturated carbocycles. The minimum absolute atomic E-state index is 0.416. The fourth-order valence-electron chi connectivity index (χ4n) is 2.30. The van der Waals surface area contributed by atoms with Gasteiger partial charge in [0.2, 0.25) is 5.95 Å². The number of nitrogens with zero attached hydrogens (tertiary/aromatic N) is 3. The van der Waals surface area contributed by atoms with Crippen LogP contribution in [0.15, 0.2) is 6.33 Å². The first-order valence-electron chi connectivity index (χ1n) is 6.76. The second kappa shape index (κ2) is 5.62. The molecule has 0 saturated heterocycles. The topological polar surface area (TPSA) is 98.8 Å². The van der Waals surface area contributed by atoms with Gasteiger partial charge in [0, 0.05) is 13.6 Å². The van der Waals surface area contributed by atoms with Crippen LogP contribution in [-0.4, -0.2) is 44.2 Å². The van der Waals surface area contributed by atoms with E-state index in [4.69, 9.17) is 0 Å². The van der Waals surface area contributed by atoms with Gasteiger partial charge in [0.1, 0.15) is 5.52 Å². The van der Waals surface area contributed by atoms with Crippen molar-refractivity contribution in [3.63, 3.8) is 0 Å². The first-order valence-corrected chi connectivity index (χ1v) is 6.76. The molecule has 1 atom stereocenters. The molecule has 0 aliphatic rings. The van der Waals surface area contributed by atoms with Crippen LogP contribution >= 0.6 is 0 Å². The summed E-state index contributed by atoms with van der Waals surface area (Å²) in [5.74, 6) is 1.56. The summed E-state index contributed by atoms with van der Waals surface area (Å²) in [6.45, 7) is 6.42. The van der Waals surface area contributed by atoms with Crippen molar-refractivity contribution in [2.45, 2.75) is 32.8 Å². The molecule has 2 aromatic heterocycles. The molecular formula is C13H22N6O. The third-order valence-corrected chi connectivity index (χ3v) is 2.99. The summed E-state index contributed by atoms with van der Waals surface area (Å²) in [6, 6.07) is 0. The molecule has 0 spiro atoms. The van der Waals surface area contributed by atoms with Gasteiger partial charge in [0.05, 0.1) is 11.9 Å². The highest BCUT2D eigenvalue weighted by atomic mass is 16.3. The highest BCUT2D eigenvalue weighted by Crippen LogP contribution is 2.21. The van der Waals surface area contributed by atoms with Gasteiger partial charge in [-0.25, -0.2) is 4.98 Å². The minimum atomic E-state index is -0.786. The Hall–Kier alpha value is -1.89. The Bertz CT molecular complexity index is 577. The molecule has 0 fully saturated rings. The van der Waals surface area contributed by atoms with E-state index in [2.05, 4.69) is 44.4 Å². The molecule has 0 aliphatic heterocycles. The van der Waals surface area contributed by atoms with Crippen molar-refractivity contribution in [2.24, 2.45) is 5.92 Å². The van der Waals surface area contributed by atoms with Gasteiger partial charge in [-0.2, -0.15) is 9.97 Å². The number of aliphatic hydroxyl groups is 1. The van der Waals surface area contributed by atoms with Gasteiger partial charge in [-0.3, -0.25) is 0 Å². The van der Waals surface area contributed by atoms with Gasteiger partial charge in [-0.1, -0.05) is 13.8 Å². The molecule has 2 heterocycles. The molecule has 2 aromatic rings. The van der Waals surface area contributed by atoms with E-state index in [-0.39, 0.29) is 0 Å². The number of hydrogen-bond donors (Lipinski definition) is 4. The lowest BCUT2D eigenvalue weighted by Gasteiger charge is -2.25. The molecule has 0 aromatic carbocycles. The molecule has 110 valence electrons. The van der Waals surface area contributed by atoms with E-state index in [1.54, 1.807) is 13.4 Å². The van der Waals surface area contributed by atoms with E-state index in [9.17, 15) is 5.11 Å². The Labute approximate surface area is 118 Å². The number of anilines is 2. The molecule has 0 aliphatic carbocycles. The minimum Gasteiger partial charge on any atom is -0.388 e. The summed E-state index contributed by atoms with van der Waals surface area (Å²) in [7, 11) is 1.76. The van der Waals surface area contributed by atoms with Crippen molar-refractivity contribution < 1.29 is 5.11 Å². The molecule has 20 heavy (non-hydrogen) atoms. The zero-order valence-corrected chi connectivity index (χ0v) is 12.4. The summed E-state index contributed by atoms with van der Waals surface area (Å²) >= 11 is 0. The lowest BCUT2D eigenvalue weighted by molar-refractivity contribution is 0.0515. The predicted molar refractivity (Wildman–Crippen MR) is 79.8 cm³/mol. The van der Waals surface area contributed by atoms with Gasteiger partial charge in [0.15, 0.2) is 11.5 Å². The first-order chi connectivity index (χ1) is 9.41. The van der Waals surface area contributed by atoms with Crippen LogP contribution in [0.2, 0.25) is 0 Å². The number of fused-ring (bicyclic) bond motifs is 1. The molecule has 0 amide bonds. The van der Waals surface area contributed by atoms with Crippen molar-refractivity contribution in [3.8, 4) is 0 Å². The Balaban J connectivity index is 2.18. The molecule has 0 bridgehead atoms. The standard InChI is InChI=1S/C13H22N6O/c1-8(2)5-13(3,20)6-15-10-9-11(17-7-16-9)19-12(14-4)18-10/h7-8,20H,5-6H2,1-4H3,(H3,14,15,16,17,18,19). The first kappa shape index (κ1) is 14.5. The van der Waals surface area contributed by atoms with E-state index in [1.165, 1.54) is 0 Å². The molecule has 1 unspecified atom stereocenters. The van der Waals surface area contributed by atoms with E-state index in [1.807, 2.05) is 6.92 Å². The second-order valence-corrected chi connectivity index (χ2v) is 5.70. The molecule has 4 N–H and O–H groups in total. The zero-order valence-electron chi connectivity index (χ0n) is 12.4. The van der Waals surface area contributed by atoms with Crippen LogP contribution < -0.4 is 10.6 Å². The second-order valence-electron chi connectivity index (χ2n) is 5.70. The third kappa shape index (κ3) is 3.36. The lowest BCUT2D eigenvalue weighted by Crippen LogP contribution is -2.35. The third-order valence-electron chi connectivity index (χ3n) is 2.99. The Kier molecular flexibility index (Phi) is 4.08. The molecule has 7 heteroatoms. The van der Waals surface area contributed by atoms with Crippen molar-refractivity contribution in [1.82, 2.24) is 19.9 Å². The van der Waals surface area contributed by atoms with Gasteiger partial charge in [-0.15, -0.1) is 0 Å². The van der Waals surface area contributed by atoms with Crippen LogP contribution in [0.3, 0.4) is 0 Å². The van der Waals surface area contributed by atoms with Crippen LogP contribution in [0.5, 0.6) is 0 Å². The Morgan fingerprint density at radius 2 is 2.15 bits per heavy atom. The largest absolute Gasteiger partial charge is 0.388 e. The number of rotatable bonds is 6. The maximum atomic E-state index is 10.3.